The van der Waals surface area contributed by atoms with Crippen LogP contribution >= 0.6 is 0 Å². The molecule has 20 heavy (non-hydrogen) atoms. The molecule has 0 amide bonds. The van der Waals surface area contributed by atoms with Crippen molar-refractivity contribution < 1.29 is 4.42 Å². The molecule has 2 heterocycles. The molecule has 0 aliphatic carbocycles. The largest absolute Gasteiger partial charge is 0.467 e. The summed E-state index contributed by atoms with van der Waals surface area (Å²) in [7, 11) is 0. The second kappa shape index (κ2) is 7.05. The van der Waals surface area contributed by atoms with Gasteiger partial charge >= 0.3 is 0 Å². The van der Waals surface area contributed by atoms with E-state index in [1.807, 2.05) is 24.3 Å². The summed E-state index contributed by atoms with van der Waals surface area (Å²) in [5, 5.41) is 11.9. The van der Waals surface area contributed by atoms with Gasteiger partial charge in [0.15, 0.2) is 5.82 Å². The topological polar surface area (TPSA) is 54.2 Å². The van der Waals surface area contributed by atoms with E-state index in [0.29, 0.717) is 12.6 Å². The van der Waals surface area contributed by atoms with Crippen LogP contribution in [-0.4, -0.2) is 22.8 Å². The number of nitrogens with zero attached hydrogens (tertiary/aromatic N) is 3. The Morgan fingerprint density at radius 1 is 1.25 bits per heavy atom. The first kappa shape index (κ1) is 14.5. The lowest BCUT2D eigenvalue weighted by Gasteiger charge is -2.20. The first-order chi connectivity index (χ1) is 9.69. The van der Waals surface area contributed by atoms with E-state index in [-0.39, 0.29) is 0 Å². The van der Waals surface area contributed by atoms with Gasteiger partial charge in [0, 0.05) is 19.1 Å². The maximum absolute atomic E-state index is 5.38. The molecular formula is C15H22N4O. The average Bonchev–Trinajstić information content (AvgIpc) is 2.96. The Labute approximate surface area is 120 Å². The fourth-order valence-corrected chi connectivity index (χ4v) is 1.87. The van der Waals surface area contributed by atoms with Gasteiger partial charge < -0.3 is 14.6 Å². The summed E-state index contributed by atoms with van der Waals surface area (Å²) in [5.41, 5.74) is 0.955. The number of anilines is 1. The van der Waals surface area contributed by atoms with Crippen molar-refractivity contribution in [3.63, 3.8) is 0 Å². The maximum atomic E-state index is 5.38. The summed E-state index contributed by atoms with van der Waals surface area (Å²) in [4.78, 5) is 2.13. The lowest BCUT2D eigenvalue weighted by atomic mass is 10.3. The molecule has 5 nitrogen and oxygen atoms in total. The monoisotopic (exact) mass is 274 g/mol. The van der Waals surface area contributed by atoms with Gasteiger partial charge in [-0.25, -0.2) is 0 Å². The second-order valence-corrected chi connectivity index (χ2v) is 5.01. The molecule has 0 aliphatic heterocycles. The van der Waals surface area contributed by atoms with E-state index in [2.05, 4.69) is 41.2 Å². The van der Waals surface area contributed by atoms with E-state index < -0.39 is 0 Å². The molecule has 0 atom stereocenters. The zero-order valence-electron chi connectivity index (χ0n) is 12.3. The third-order valence-corrected chi connectivity index (χ3v) is 3.03. The Balaban J connectivity index is 1.99. The van der Waals surface area contributed by atoms with E-state index in [9.17, 15) is 0 Å². The zero-order valence-corrected chi connectivity index (χ0v) is 12.3. The lowest BCUT2D eigenvalue weighted by molar-refractivity contribution is 0.502. The van der Waals surface area contributed by atoms with Gasteiger partial charge in [-0.1, -0.05) is 13.8 Å². The molecule has 0 spiro atoms. The van der Waals surface area contributed by atoms with Crippen molar-refractivity contribution in [2.75, 3.05) is 11.4 Å². The number of aromatic nitrogens is 2. The molecule has 0 saturated carbocycles. The molecule has 0 aromatic carbocycles. The van der Waals surface area contributed by atoms with Crippen LogP contribution in [0.4, 0.5) is 5.82 Å². The van der Waals surface area contributed by atoms with Gasteiger partial charge in [-0.3, -0.25) is 0 Å². The minimum Gasteiger partial charge on any atom is -0.467 e. The summed E-state index contributed by atoms with van der Waals surface area (Å²) in [6.07, 6.45) is 1.69. The van der Waals surface area contributed by atoms with Crippen LogP contribution in [0.5, 0.6) is 0 Å². The Kier molecular flexibility index (Phi) is 5.12. The first-order valence-corrected chi connectivity index (χ1v) is 7.02. The Morgan fingerprint density at radius 3 is 2.65 bits per heavy atom. The normalized spacial score (nSPS) is 11.0. The van der Waals surface area contributed by atoms with Crippen molar-refractivity contribution in [3.05, 3.63) is 42.0 Å². The summed E-state index contributed by atoms with van der Waals surface area (Å²) in [5.74, 6) is 1.80. The fourth-order valence-electron chi connectivity index (χ4n) is 1.87. The molecule has 0 unspecified atom stereocenters. The van der Waals surface area contributed by atoms with Crippen LogP contribution in [0.3, 0.4) is 0 Å². The summed E-state index contributed by atoms with van der Waals surface area (Å²) >= 11 is 0. The predicted molar refractivity (Wildman–Crippen MR) is 79.4 cm³/mol. The molecule has 0 radical (unpaired) electrons. The highest BCUT2D eigenvalue weighted by Gasteiger charge is 2.09. The molecule has 2 rings (SSSR count). The smallest absolute Gasteiger partial charge is 0.151 e. The Hall–Kier alpha value is -1.88. The minimum absolute atomic E-state index is 0.447. The molecule has 108 valence electrons. The van der Waals surface area contributed by atoms with Crippen molar-refractivity contribution in [3.8, 4) is 0 Å². The van der Waals surface area contributed by atoms with E-state index in [4.69, 9.17) is 4.42 Å². The van der Waals surface area contributed by atoms with Crippen LogP contribution in [0.15, 0.2) is 34.9 Å². The highest BCUT2D eigenvalue weighted by molar-refractivity contribution is 5.37. The van der Waals surface area contributed by atoms with E-state index in [1.54, 1.807) is 6.26 Å². The molecular weight excluding hydrogens is 252 g/mol. The summed E-state index contributed by atoms with van der Waals surface area (Å²) in [6, 6.07) is 8.34. The van der Waals surface area contributed by atoms with Gasteiger partial charge in [-0.2, -0.15) is 5.10 Å². The van der Waals surface area contributed by atoms with Crippen molar-refractivity contribution >= 4 is 5.82 Å². The minimum atomic E-state index is 0.447. The number of rotatable bonds is 7. The molecule has 2 aromatic rings. The standard InChI is InChI=1S/C15H22N4O/c1-4-19(11-14-6-5-9-20-14)15-8-7-13(17-18-15)10-16-12(2)3/h5-9,12,16H,4,10-11H2,1-3H3. The SMILES string of the molecule is CCN(Cc1ccco1)c1ccc(CNC(C)C)nn1. The van der Waals surface area contributed by atoms with Crippen LogP contribution in [0.1, 0.15) is 32.2 Å². The lowest BCUT2D eigenvalue weighted by Crippen LogP contribution is -2.25. The Bertz CT molecular complexity index is 493. The molecule has 2 aromatic heterocycles. The summed E-state index contributed by atoms with van der Waals surface area (Å²) < 4.78 is 5.38. The number of hydrogen-bond donors (Lipinski definition) is 1. The Morgan fingerprint density at radius 2 is 2.10 bits per heavy atom. The average molecular weight is 274 g/mol. The second-order valence-electron chi connectivity index (χ2n) is 5.01. The highest BCUT2D eigenvalue weighted by atomic mass is 16.3. The van der Waals surface area contributed by atoms with Crippen molar-refractivity contribution in [1.82, 2.24) is 15.5 Å². The number of furan rings is 1. The maximum Gasteiger partial charge on any atom is 0.151 e. The molecule has 0 saturated heterocycles. The van der Waals surface area contributed by atoms with Crippen molar-refractivity contribution in [2.24, 2.45) is 0 Å². The molecule has 0 bridgehead atoms. The number of nitrogens with one attached hydrogen (secondary N) is 1. The van der Waals surface area contributed by atoms with Gasteiger partial charge in [0.2, 0.25) is 0 Å². The van der Waals surface area contributed by atoms with E-state index in [1.165, 1.54) is 0 Å². The highest BCUT2D eigenvalue weighted by Crippen LogP contribution is 2.14. The molecule has 0 aliphatic rings. The molecule has 5 heteroatoms. The van der Waals surface area contributed by atoms with Crippen LogP contribution in [-0.2, 0) is 13.1 Å². The van der Waals surface area contributed by atoms with Gasteiger partial charge in [0.05, 0.1) is 18.5 Å². The van der Waals surface area contributed by atoms with Gasteiger partial charge in [0.1, 0.15) is 5.76 Å². The van der Waals surface area contributed by atoms with Gasteiger partial charge in [-0.15, -0.1) is 5.10 Å². The van der Waals surface area contributed by atoms with Crippen LogP contribution < -0.4 is 10.2 Å². The third kappa shape index (κ3) is 4.06. The first-order valence-electron chi connectivity index (χ1n) is 7.02. The predicted octanol–water partition coefficient (Wildman–Crippen LogP) is 2.59. The van der Waals surface area contributed by atoms with E-state index >= 15 is 0 Å². The van der Waals surface area contributed by atoms with Crippen molar-refractivity contribution in [2.45, 2.75) is 39.9 Å². The van der Waals surface area contributed by atoms with Gasteiger partial charge in [-0.05, 0) is 31.2 Å². The number of hydrogen-bond acceptors (Lipinski definition) is 5. The summed E-state index contributed by atoms with van der Waals surface area (Å²) in [6.45, 7) is 8.64. The van der Waals surface area contributed by atoms with E-state index in [0.717, 1.165) is 30.4 Å². The van der Waals surface area contributed by atoms with Crippen LogP contribution in [0.2, 0.25) is 0 Å². The van der Waals surface area contributed by atoms with Gasteiger partial charge in [0.25, 0.3) is 0 Å². The molecule has 0 fully saturated rings. The third-order valence-electron chi connectivity index (χ3n) is 3.03. The van der Waals surface area contributed by atoms with Crippen LogP contribution in [0.25, 0.3) is 0 Å². The zero-order chi connectivity index (χ0) is 14.4. The fraction of sp³-hybridized carbons (Fsp3) is 0.467. The quantitative estimate of drug-likeness (QED) is 0.841. The molecule has 1 N–H and O–H groups in total. The van der Waals surface area contributed by atoms with Crippen molar-refractivity contribution in [1.29, 1.82) is 0 Å². The van der Waals surface area contributed by atoms with Crippen LogP contribution in [0, 0.1) is 0 Å².